The Labute approximate surface area is 108 Å². The maximum absolute atomic E-state index is 11.6. The van der Waals surface area contributed by atoms with Crippen molar-refractivity contribution < 1.29 is 18.7 Å². The molecule has 96 valence electrons. The molecule has 2 rings (SSSR count). The molecule has 7 heteroatoms. The highest BCUT2D eigenvalue weighted by atomic mass is 32.1. The molecule has 0 aliphatic rings. The minimum atomic E-state index is -0.567. The molecular weight excluding hydrogens is 256 g/mol. The van der Waals surface area contributed by atoms with Gasteiger partial charge >= 0.3 is 5.97 Å². The quantitative estimate of drug-likeness (QED) is 0.790. The van der Waals surface area contributed by atoms with E-state index in [0.29, 0.717) is 11.6 Å². The van der Waals surface area contributed by atoms with E-state index in [0.717, 1.165) is 10.6 Å². The Hall–Kier alpha value is -1.73. The van der Waals surface area contributed by atoms with Gasteiger partial charge in [-0.3, -0.25) is 0 Å². The molecule has 0 atom stereocenters. The summed E-state index contributed by atoms with van der Waals surface area (Å²) in [6.45, 7) is 2.04. The first kappa shape index (κ1) is 12.7. The summed E-state index contributed by atoms with van der Waals surface area (Å²) in [5.74, 6) is -0.132. The van der Waals surface area contributed by atoms with Gasteiger partial charge in [0.15, 0.2) is 0 Å². The Morgan fingerprint density at radius 2 is 2.28 bits per heavy atom. The molecule has 18 heavy (non-hydrogen) atoms. The molecule has 0 unspecified atom stereocenters. The molecule has 2 heterocycles. The molecule has 0 saturated heterocycles. The molecule has 0 N–H and O–H groups in total. The van der Waals surface area contributed by atoms with E-state index in [4.69, 9.17) is 9.15 Å². The van der Waals surface area contributed by atoms with Gasteiger partial charge in [0, 0.05) is 7.11 Å². The number of methoxy groups -OCH3 is 2. The van der Waals surface area contributed by atoms with Gasteiger partial charge in [-0.15, -0.1) is 11.3 Å². The van der Waals surface area contributed by atoms with Crippen LogP contribution in [0.2, 0.25) is 0 Å². The van der Waals surface area contributed by atoms with Crippen molar-refractivity contribution >= 4 is 17.3 Å². The summed E-state index contributed by atoms with van der Waals surface area (Å²) in [6.07, 6.45) is 0. The smallest absolute Gasteiger partial charge is 0.376 e. The molecule has 2 aromatic heterocycles. The molecular formula is C11H12N2O4S. The van der Waals surface area contributed by atoms with Crippen LogP contribution in [-0.2, 0) is 16.1 Å². The number of oxazole rings is 1. The molecule has 0 aliphatic heterocycles. The van der Waals surface area contributed by atoms with Gasteiger partial charge in [-0.05, 0) is 6.92 Å². The number of carbonyl (C=O) groups excluding carboxylic acids is 1. The van der Waals surface area contributed by atoms with E-state index in [1.165, 1.54) is 25.6 Å². The average Bonchev–Trinajstić information content (AvgIpc) is 2.95. The van der Waals surface area contributed by atoms with Crippen molar-refractivity contribution in [2.75, 3.05) is 14.2 Å². The maximum Gasteiger partial charge on any atom is 0.376 e. The Morgan fingerprint density at radius 3 is 2.83 bits per heavy atom. The van der Waals surface area contributed by atoms with E-state index in [9.17, 15) is 4.79 Å². The van der Waals surface area contributed by atoms with Crippen LogP contribution in [0.5, 0.6) is 0 Å². The lowest BCUT2D eigenvalue weighted by molar-refractivity contribution is 0.0559. The van der Waals surface area contributed by atoms with Crippen LogP contribution in [0.15, 0.2) is 9.93 Å². The molecule has 0 saturated carbocycles. The summed E-state index contributed by atoms with van der Waals surface area (Å²) in [5.41, 5.74) is 2.93. The van der Waals surface area contributed by atoms with Crippen LogP contribution in [0.3, 0.4) is 0 Å². The van der Waals surface area contributed by atoms with Crippen molar-refractivity contribution in [1.29, 1.82) is 0 Å². The number of ether oxygens (including phenoxy) is 2. The second kappa shape index (κ2) is 5.28. The van der Waals surface area contributed by atoms with Gasteiger partial charge in [0.05, 0.1) is 24.9 Å². The summed E-state index contributed by atoms with van der Waals surface area (Å²) >= 11 is 1.40. The predicted octanol–water partition coefficient (Wildman–Crippen LogP) is 2.04. The van der Waals surface area contributed by atoms with Crippen molar-refractivity contribution in [1.82, 2.24) is 9.97 Å². The number of esters is 1. The maximum atomic E-state index is 11.6. The summed E-state index contributed by atoms with van der Waals surface area (Å²) in [6, 6.07) is 0. The summed E-state index contributed by atoms with van der Waals surface area (Å²) in [5, 5.41) is 0. The number of nitrogens with zero attached hydrogens (tertiary/aromatic N) is 2. The molecule has 0 aromatic carbocycles. The minimum Gasteiger partial charge on any atom is -0.463 e. The lowest BCUT2D eigenvalue weighted by Gasteiger charge is -1.96. The monoisotopic (exact) mass is 268 g/mol. The fraction of sp³-hybridized carbons (Fsp3) is 0.364. The topological polar surface area (TPSA) is 74.5 Å². The first-order valence-corrected chi connectivity index (χ1v) is 6.02. The van der Waals surface area contributed by atoms with Gasteiger partial charge in [0.1, 0.15) is 10.6 Å². The van der Waals surface area contributed by atoms with Crippen LogP contribution < -0.4 is 0 Å². The third-order valence-corrected chi connectivity index (χ3v) is 3.21. The molecule has 2 aromatic rings. The summed E-state index contributed by atoms with van der Waals surface area (Å²) < 4.78 is 15.1. The average molecular weight is 268 g/mol. The minimum absolute atomic E-state index is 0.0714. The van der Waals surface area contributed by atoms with E-state index >= 15 is 0 Å². The van der Waals surface area contributed by atoms with Gasteiger partial charge in [0.2, 0.25) is 11.7 Å². The van der Waals surface area contributed by atoms with Crippen LogP contribution in [0, 0.1) is 6.92 Å². The van der Waals surface area contributed by atoms with Crippen LogP contribution >= 0.6 is 11.3 Å². The fourth-order valence-electron chi connectivity index (χ4n) is 1.44. The first-order chi connectivity index (χ1) is 8.67. The highest BCUT2D eigenvalue weighted by molar-refractivity contribution is 7.13. The predicted molar refractivity (Wildman–Crippen MR) is 64.4 cm³/mol. The van der Waals surface area contributed by atoms with Crippen molar-refractivity contribution in [2.24, 2.45) is 0 Å². The van der Waals surface area contributed by atoms with E-state index < -0.39 is 5.97 Å². The zero-order valence-electron chi connectivity index (χ0n) is 10.2. The Bertz CT molecular complexity index is 561. The van der Waals surface area contributed by atoms with E-state index in [1.807, 2.05) is 6.92 Å². The standard InChI is InChI=1S/C11H12N2O4S/c1-6-9(18-5-12-6)10-13-7(4-15-2)8(17-10)11(14)16-3/h5H,4H2,1-3H3. The number of carbonyl (C=O) groups is 1. The number of aryl methyl sites for hydroxylation is 1. The molecule has 0 radical (unpaired) electrons. The number of aromatic nitrogens is 2. The number of thiazole rings is 1. The second-order valence-electron chi connectivity index (χ2n) is 3.49. The normalized spacial score (nSPS) is 10.6. The summed E-state index contributed by atoms with van der Waals surface area (Å²) in [4.78, 5) is 20.7. The molecule has 0 spiro atoms. The van der Waals surface area contributed by atoms with Crippen LogP contribution in [0.4, 0.5) is 0 Å². The molecule has 0 aliphatic carbocycles. The molecule has 0 fully saturated rings. The van der Waals surface area contributed by atoms with Crippen molar-refractivity contribution in [3.05, 3.63) is 22.7 Å². The van der Waals surface area contributed by atoms with Crippen LogP contribution in [-0.4, -0.2) is 30.2 Å². The van der Waals surface area contributed by atoms with E-state index in [1.54, 1.807) is 5.51 Å². The van der Waals surface area contributed by atoms with E-state index in [2.05, 4.69) is 14.7 Å². The third kappa shape index (κ3) is 2.27. The largest absolute Gasteiger partial charge is 0.463 e. The van der Waals surface area contributed by atoms with Gasteiger partial charge in [0.25, 0.3) is 0 Å². The van der Waals surface area contributed by atoms with Gasteiger partial charge in [-0.25, -0.2) is 14.8 Å². The van der Waals surface area contributed by atoms with Crippen molar-refractivity contribution in [3.8, 4) is 10.8 Å². The lowest BCUT2D eigenvalue weighted by atomic mass is 10.3. The van der Waals surface area contributed by atoms with Gasteiger partial charge in [-0.1, -0.05) is 0 Å². The molecule has 0 amide bonds. The van der Waals surface area contributed by atoms with Crippen LogP contribution in [0.25, 0.3) is 10.8 Å². The van der Waals surface area contributed by atoms with Crippen molar-refractivity contribution in [2.45, 2.75) is 13.5 Å². The Balaban J connectivity index is 2.45. The highest BCUT2D eigenvalue weighted by Gasteiger charge is 2.23. The SMILES string of the molecule is COCc1nc(-c2scnc2C)oc1C(=O)OC. The number of hydrogen-bond donors (Lipinski definition) is 0. The summed E-state index contributed by atoms with van der Waals surface area (Å²) in [7, 11) is 2.81. The molecule has 0 bridgehead atoms. The second-order valence-corrected chi connectivity index (χ2v) is 4.34. The zero-order chi connectivity index (χ0) is 13.1. The Morgan fingerprint density at radius 1 is 1.50 bits per heavy atom. The lowest BCUT2D eigenvalue weighted by Crippen LogP contribution is -2.04. The highest BCUT2D eigenvalue weighted by Crippen LogP contribution is 2.28. The number of hydrogen-bond acceptors (Lipinski definition) is 7. The fourth-order valence-corrected chi connectivity index (χ4v) is 2.17. The van der Waals surface area contributed by atoms with Crippen LogP contribution in [0.1, 0.15) is 21.9 Å². The van der Waals surface area contributed by atoms with Gasteiger partial charge in [-0.2, -0.15) is 0 Å². The van der Waals surface area contributed by atoms with E-state index in [-0.39, 0.29) is 12.4 Å². The number of rotatable bonds is 4. The van der Waals surface area contributed by atoms with Crippen molar-refractivity contribution in [3.63, 3.8) is 0 Å². The third-order valence-electron chi connectivity index (χ3n) is 2.29. The Kier molecular flexibility index (Phi) is 3.73. The first-order valence-electron chi connectivity index (χ1n) is 5.14. The zero-order valence-corrected chi connectivity index (χ0v) is 11.0. The van der Waals surface area contributed by atoms with Gasteiger partial charge < -0.3 is 13.9 Å². The molecule has 6 nitrogen and oxygen atoms in total.